The first-order valence-electron chi connectivity index (χ1n) is 8.13. The topological polar surface area (TPSA) is 84.5 Å². The molecule has 6 heteroatoms. The number of aryl methyl sites for hydroxylation is 1. The molecule has 128 valence electrons. The number of rotatable bonds is 3. The van der Waals surface area contributed by atoms with E-state index in [4.69, 9.17) is 16.9 Å². The van der Waals surface area contributed by atoms with Crippen molar-refractivity contribution in [2.45, 2.75) is 13.5 Å². The van der Waals surface area contributed by atoms with Crippen LogP contribution in [0.4, 0.5) is 5.69 Å². The molecule has 2 heterocycles. The van der Waals surface area contributed by atoms with Gasteiger partial charge in [-0.25, -0.2) is 0 Å². The summed E-state index contributed by atoms with van der Waals surface area (Å²) in [6, 6.07) is 13.2. The highest BCUT2D eigenvalue weighted by Crippen LogP contribution is 2.27. The van der Waals surface area contributed by atoms with E-state index in [2.05, 4.69) is 21.4 Å². The standard InChI is InChI=1S/C20H15ClN4O/c1-11-17(5-3-16-14(8-22)10-24-19(11)16)23-9-13-6-12-7-15(21)2-4-18(12)25-20(13)26/h2-7,10,23-24H,9H2,1H3,(H,25,26). The van der Waals surface area contributed by atoms with Crippen molar-refractivity contribution in [1.82, 2.24) is 9.97 Å². The van der Waals surface area contributed by atoms with Gasteiger partial charge in [0.1, 0.15) is 6.07 Å². The van der Waals surface area contributed by atoms with Gasteiger partial charge in [0.15, 0.2) is 0 Å². The highest BCUT2D eigenvalue weighted by Gasteiger charge is 2.10. The van der Waals surface area contributed by atoms with Crippen LogP contribution >= 0.6 is 11.6 Å². The SMILES string of the molecule is Cc1c(NCc2cc3cc(Cl)ccc3[nH]c2=O)ccc2c(C#N)c[nH]c12. The second-order valence-corrected chi connectivity index (χ2v) is 6.62. The van der Waals surface area contributed by atoms with E-state index >= 15 is 0 Å². The van der Waals surface area contributed by atoms with Crippen LogP contribution in [-0.4, -0.2) is 9.97 Å². The Labute approximate surface area is 154 Å². The maximum absolute atomic E-state index is 12.3. The number of aromatic amines is 2. The number of halogens is 1. The second-order valence-electron chi connectivity index (χ2n) is 6.18. The van der Waals surface area contributed by atoms with Gasteiger partial charge in [-0.3, -0.25) is 4.79 Å². The van der Waals surface area contributed by atoms with E-state index in [1.165, 1.54) is 0 Å². The molecule has 0 amide bonds. The first-order valence-corrected chi connectivity index (χ1v) is 8.51. The zero-order valence-electron chi connectivity index (χ0n) is 14.0. The average molecular weight is 363 g/mol. The summed E-state index contributed by atoms with van der Waals surface area (Å²) in [7, 11) is 0. The molecule has 26 heavy (non-hydrogen) atoms. The zero-order valence-corrected chi connectivity index (χ0v) is 14.7. The maximum atomic E-state index is 12.3. The van der Waals surface area contributed by atoms with Crippen molar-refractivity contribution in [2.24, 2.45) is 0 Å². The van der Waals surface area contributed by atoms with Crippen molar-refractivity contribution < 1.29 is 0 Å². The fraction of sp³-hybridized carbons (Fsp3) is 0.100. The lowest BCUT2D eigenvalue weighted by molar-refractivity contribution is 1.09. The Bertz CT molecular complexity index is 1250. The van der Waals surface area contributed by atoms with E-state index in [1.54, 1.807) is 18.3 Å². The van der Waals surface area contributed by atoms with E-state index in [1.807, 2.05) is 31.2 Å². The predicted molar refractivity (Wildman–Crippen MR) is 105 cm³/mol. The molecule has 4 aromatic rings. The Hall–Kier alpha value is -3.23. The maximum Gasteiger partial charge on any atom is 0.253 e. The number of fused-ring (bicyclic) bond motifs is 2. The van der Waals surface area contributed by atoms with Crippen molar-refractivity contribution >= 4 is 39.1 Å². The van der Waals surface area contributed by atoms with Crippen molar-refractivity contribution in [2.75, 3.05) is 5.32 Å². The molecule has 0 saturated heterocycles. The summed E-state index contributed by atoms with van der Waals surface area (Å²) in [5, 5.41) is 14.9. The molecule has 0 aliphatic carbocycles. The van der Waals surface area contributed by atoms with E-state index < -0.39 is 0 Å². The minimum Gasteiger partial charge on any atom is -0.380 e. The fourth-order valence-electron chi connectivity index (χ4n) is 3.17. The second kappa shape index (κ2) is 6.25. The Kier molecular flexibility index (Phi) is 3.90. The number of hydrogen-bond acceptors (Lipinski definition) is 3. The summed E-state index contributed by atoms with van der Waals surface area (Å²) in [6.45, 7) is 2.36. The van der Waals surface area contributed by atoms with Gasteiger partial charge in [-0.2, -0.15) is 5.26 Å². The predicted octanol–water partition coefficient (Wildman–Crippen LogP) is 4.46. The van der Waals surface area contributed by atoms with Crippen molar-refractivity contribution in [1.29, 1.82) is 5.26 Å². The third kappa shape index (κ3) is 2.71. The first kappa shape index (κ1) is 16.2. The molecule has 0 unspecified atom stereocenters. The van der Waals surface area contributed by atoms with E-state index in [9.17, 15) is 4.79 Å². The van der Waals surface area contributed by atoms with Gasteiger partial charge in [-0.1, -0.05) is 11.6 Å². The Morgan fingerprint density at radius 1 is 1.23 bits per heavy atom. The number of pyridine rings is 1. The number of hydrogen-bond donors (Lipinski definition) is 3. The normalized spacial score (nSPS) is 11.0. The number of benzene rings is 2. The smallest absolute Gasteiger partial charge is 0.253 e. The molecule has 5 nitrogen and oxygen atoms in total. The molecule has 0 aliphatic rings. The molecule has 0 bridgehead atoms. The molecule has 0 saturated carbocycles. The average Bonchev–Trinajstić information content (AvgIpc) is 3.05. The molecular formula is C20H15ClN4O. The summed E-state index contributed by atoms with van der Waals surface area (Å²) < 4.78 is 0. The summed E-state index contributed by atoms with van der Waals surface area (Å²) in [6.07, 6.45) is 1.71. The van der Waals surface area contributed by atoms with E-state index in [0.29, 0.717) is 22.7 Å². The van der Waals surface area contributed by atoms with E-state index in [-0.39, 0.29) is 5.56 Å². The van der Waals surface area contributed by atoms with Crippen molar-refractivity contribution in [3.05, 3.63) is 74.7 Å². The van der Waals surface area contributed by atoms with Crippen LogP contribution in [0.1, 0.15) is 16.7 Å². The van der Waals surface area contributed by atoms with Gasteiger partial charge in [0.2, 0.25) is 0 Å². The summed E-state index contributed by atoms with van der Waals surface area (Å²) >= 11 is 6.04. The minimum atomic E-state index is -0.127. The van der Waals surface area contributed by atoms with Crippen LogP contribution in [0.3, 0.4) is 0 Å². The lowest BCUT2D eigenvalue weighted by Gasteiger charge is -2.11. The van der Waals surface area contributed by atoms with Gasteiger partial charge < -0.3 is 15.3 Å². The highest BCUT2D eigenvalue weighted by molar-refractivity contribution is 6.31. The monoisotopic (exact) mass is 362 g/mol. The zero-order chi connectivity index (χ0) is 18.3. The summed E-state index contributed by atoms with van der Waals surface area (Å²) in [5.74, 6) is 0. The molecule has 0 atom stereocenters. The fourth-order valence-corrected chi connectivity index (χ4v) is 3.35. The van der Waals surface area contributed by atoms with Crippen molar-refractivity contribution in [3.63, 3.8) is 0 Å². The molecule has 4 rings (SSSR count). The molecule has 0 radical (unpaired) electrons. The molecule has 0 fully saturated rings. The van der Waals surface area contributed by atoms with Crippen LogP contribution in [0.15, 0.2) is 47.4 Å². The molecular weight excluding hydrogens is 348 g/mol. The lowest BCUT2D eigenvalue weighted by atomic mass is 10.1. The third-order valence-corrected chi connectivity index (χ3v) is 4.82. The molecule has 2 aromatic heterocycles. The molecule has 2 aromatic carbocycles. The van der Waals surface area contributed by atoms with Crippen LogP contribution in [0.5, 0.6) is 0 Å². The number of H-pyrrole nitrogens is 2. The van der Waals surface area contributed by atoms with E-state index in [0.717, 1.165) is 33.1 Å². The largest absolute Gasteiger partial charge is 0.380 e. The van der Waals surface area contributed by atoms with Gasteiger partial charge in [-0.05, 0) is 48.9 Å². The third-order valence-electron chi connectivity index (χ3n) is 4.59. The van der Waals surface area contributed by atoms with Gasteiger partial charge >= 0.3 is 0 Å². The molecule has 0 aliphatic heterocycles. The summed E-state index contributed by atoms with van der Waals surface area (Å²) in [5.41, 5.74) is 4.72. The molecule has 0 spiro atoms. The number of anilines is 1. The van der Waals surface area contributed by atoms with Crippen LogP contribution in [0.2, 0.25) is 5.02 Å². The first-order chi connectivity index (χ1) is 12.6. The van der Waals surface area contributed by atoms with Crippen LogP contribution in [-0.2, 0) is 6.54 Å². The van der Waals surface area contributed by atoms with Gasteiger partial charge in [-0.15, -0.1) is 0 Å². The lowest BCUT2D eigenvalue weighted by Crippen LogP contribution is -2.15. The van der Waals surface area contributed by atoms with Crippen LogP contribution < -0.4 is 10.9 Å². The Morgan fingerprint density at radius 2 is 2.08 bits per heavy atom. The Morgan fingerprint density at radius 3 is 2.88 bits per heavy atom. The van der Waals surface area contributed by atoms with Crippen LogP contribution in [0.25, 0.3) is 21.8 Å². The quantitative estimate of drug-likeness (QED) is 0.503. The molecule has 3 N–H and O–H groups in total. The summed E-state index contributed by atoms with van der Waals surface area (Å²) in [4.78, 5) is 18.3. The number of nitrogens with one attached hydrogen (secondary N) is 3. The number of nitriles is 1. The minimum absolute atomic E-state index is 0.127. The van der Waals surface area contributed by atoms with Gasteiger partial charge in [0.05, 0.1) is 11.1 Å². The Balaban J connectivity index is 1.67. The van der Waals surface area contributed by atoms with Gasteiger partial charge in [0, 0.05) is 45.3 Å². The highest BCUT2D eigenvalue weighted by atomic mass is 35.5. The number of nitrogens with zero attached hydrogens (tertiary/aromatic N) is 1. The van der Waals surface area contributed by atoms with Gasteiger partial charge in [0.25, 0.3) is 5.56 Å². The number of aromatic nitrogens is 2. The van der Waals surface area contributed by atoms with Crippen LogP contribution in [0, 0.1) is 18.3 Å². The van der Waals surface area contributed by atoms with Crippen molar-refractivity contribution in [3.8, 4) is 6.07 Å².